The number of aliphatic imine (C=N–C) groups is 1. The van der Waals surface area contributed by atoms with Gasteiger partial charge in [-0.15, -0.1) is 24.0 Å². The van der Waals surface area contributed by atoms with Crippen LogP contribution >= 0.6 is 24.0 Å². The van der Waals surface area contributed by atoms with E-state index in [4.69, 9.17) is 9.98 Å². The molecule has 2 aromatic rings. The number of hydrogen-bond donors (Lipinski definition) is 2. The Kier molecular flexibility index (Phi) is 9.44. The number of aryl methyl sites for hydroxylation is 1. The van der Waals surface area contributed by atoms with E-state index in [0.717, 1.165) is 29.8 Å². The third-order valence-corrected chi connectivity index (χ3v) is 6.66. The zero-order chi connectivity index (χ0) is 20.8. The molecule has 0 atom stereocenters. The quantitative estimate of drug-likeness (QED) is 0.326. The molecule has 2 aromatic heterocycles. The number of nitrogens with zero attached hydrogens (tertiary/aromatic N) is 4. The summed E-state index contributed by atoms with van der Waals surface area (Å²) in [5.74, 6) is 1.85. The molecule has 1 aliphatic heterocycles. The standard InChI is InChI=1S/C24H38N6.HI/c1-3-25-24(26-16-22-18-30-19(2)8-7-11-23(30)27-22)28-21-12-14-29(15-13-21)17-20-9-5-4-6-10-20;/h7-8,11,18,20-21H,3-6,9-10,12-17H2,1-2H3,(H2,25,26,28);1H. The van der Waals surface area contributed by atoms with Crippen LogP contribution in [0.15, 0.2) is 29.4 Å². The largest absolute Gasteiger partial charge is 0.357 e. The molecule has 31 heavy (non-hydrogen) atoms. The first-order valence-corrected chi connectivity index (χ1v) is 11.9. The van der Waals surface area contributed by atoms with Crippen molar-refractivity contribution < 1.29 is 0 Å². The van der Waals surface area contributed by atoms with Crippen molar-refractivity contribution in [2.75, 3.05) is 26.2 Å². The molecule has 172 valence electrons. The third-order valence-electron chi connectivity index (χ3n) is 6.66. The summed E-state index contributed by atoms with van der Waals surface area (Å²) in [6.45, 7) is 9.42. The highest BCUT2D eigenvalue weighted by Crippen LogP contribution is 2.25. The predicted molar refractivity (Wildman–Crippen MR) is 139 cm³/mol. The van der Waals surface area contributed by atoms with Crippen molar-refractivity contribution in [3.8, 4) is 0 Å². The second-order valence-corrected chi connectivity index (χ2v) is 9.05. The lowest BCUT2D eigenvalue weighted by molar-refractivity contribution is 0.160. The van der Waals surface area contributed by atoms with Gasteiger partial charge in [0.15, 0.2) is 5.96 Å². The van der Waals surface area contributed by atoms with Crippen molar-refractivity contribution in [2.24, 2.45) is 10.9 Å². The summed E-state index contributed by atoms with van der Waals surface area (Å²) >= 11 is 0. The average molecular weight is 539 g/mol. The Morgan fingerprint density at radius 2 is 1.90 bits per heavy atom. The van der Waals surface area contributed by atoms with Gasteiger partial charge in [-0.05, 0) is 57.6 Å². The summed E-state index contributed by atoms with van der Waals surface area (Å²) in [7, 11) is 0. The molecule has 2 fully saturated rings. The van der Waals surface area contributed by atoms with Crippen LogP contribution in [-0.4, -0.2) is 52.5 Å². The number of halogens is 1. The third kappa shape index (κ3) is 6.81. The SMILES string of the molecule is CCNC(=NCc1cn2c(C)cccc2n1)NC1CCN(CC2CCCCC2)CC1.I. The molecule has 2 aliphatic rings. The van der Waals surface area contributed by atoms with E-state index >= 15 is 0 Å². The van der Waals surface area contributed by atoms with E-state index in [1.165, 1.54) is 70.3 Å². The van der Waals surface area contributed by atoms with Crippen LogP contribution in [0.2, 0.25) is 0 Å². The van der Waals surface area contributed by atoms with Crippen LogP contribution in [0.1, 0.15) is 63.3 Å². The Morgan fingerprint density at radius 3 is 2.61 bits per heavy atom. The number of nitrogens with one attached hydrogen (secondary N) is 2. The van der Waals surface area contributed by atoms with E-state index in [9.17, 15) is 0 Å². The fraction of sp³-hybridized carbons (Fsp3) is 0.667. The molecule has 1 saturated carbocycles. The molecule has 0 amide bonds. The number of aromatic nitrogens is 2. The van der Waals surface area contributed by atoms with Crippen molar-refractivity contribution in [3.63, 3.8) is 0 Å². The number of imidazole rings is 1. The van der Waals surface area contributed by atoms with Gasteiger partial charge in [0.25, 0.3) is 0 Å². The summed E-state index contributed by atoms with van der Waals surface area (Å²) < 4.78 is 2.13. The highest BCUT2D eigenvalue weighted by Gasteiger charge is 2.23. The molecule has 0 bridgehead atoms. The van der Waals surface area contributed by atoms with E-state index in [1.807, 2.05) is 6.07 Å². The van der Waals surface area contributed by atoms with Gasteiger partial charge in [-0.25, -0.2) is 9.98 Å². The van der Waals surface area contributed by atoms with Crippen molar-refractivity contribution >= 4 is 35.6 Å². The van der Waals surface area contributed by atoms with Crippen LogP contribution in [0.4, 0.5) is 0 Å². The number of rotatable bonds is 6. The Hall–Kier alpha value is -1.35. The van der Waals surface area contributed by atoms with Crippen LogP contribution in [-0.2, 0) is 6.54 Å². The van der Waals surface area contributed by atoms with Gasteiger partial charge in [-0.1, -0.05) is 25.3 Å². The molecule has 1 saturated heterocycles. The maximum atomic E-state index is 4.82. The Labute approximate surface area is 204 Å². The summed E-state index contributed by atoms with van der Waals surface area (Å²) in [6.07, 6.45) is 11.7. The van der Waals surface area contributed by atoms with Gasteiger partial charge in [0.1, 0.15) is 5.65 Å². The summed E-state index contributed by atoms with van der Waals surface area (Å²) in [4.78, 5) is 12.2. The van der Waals surface area contributed by atoms with Crippen molar-refractivity contribution in [1.82, 2.24) is 24.9 Å². The highest BCUT2D eigenvalue weighted by atomic mass is 127. The van der Waals surface area contributed by atoms with E-state index in [1.54, 1.807) is 0 Å². The molecule has 7 heteroatoms. The minimum absolute atomic E-state index is 0. The van der Waals surface area contributed by atoms with E-state index in [-0.39, 0.29) is 24.0 Å². The lowest BCUT2D eigenvalue weighted by Gasteiger charge is -2.36. The van der Waals surface area contributed by atoms with Crippen molar-refractivity contribution in [3.05, 3.63) is 35.8 Å². The lowest BCUT2D eigenvalue weighted by Crippen LogP contribution is -2.49. The minimum Gasteiger partial charge on any atom is -0.357 e. The van der Waals surface area contributed by atoms with Crippen molar-refractivity contribution in [2.45, 2.75) is 71.4 Å². The number of hydrogen-bond acceptors (Lipinski definition) is 3. The first kappa shape index (κ1) is 24.3. The Bertz CT molecular complexity index is 834. The van der Waals surface area contributed by atoms with Gasteiger partial charge in [0.05, 0.1) is 12.2 Å². The lowest BCUT2D eigenvalue weighted by atomic mass is 9.88. The molecule has 1 aliphatic carbocycles. The summed E-state index contributed by atoms with van der Waals surface area (Å²) in [6, 6.07) is 6.71. The molecule has 3 heterocycles. The fourth-order valence-electron chi connectivity index (χ4n) is 4.94. The number of guanidine groups is 1. The number of piperidine rings is 1. The van der Waals surface area contributed by atoms with Crippen LogP contribution in [0.5, 0.6) is 0 Å². The zero-order valence-corrected chi connectivity index (χ0v) is 21.5. The van der Waals surface area contributed by atoms with Gasteiger partial charge in [-0.3, -0.25) is 0 Å². The maximum Gasteiger partial charge on any atom is 0.191 e. The number of pyridine rings is 1. The number of fused-ring (bicyclic) bond motifs is 1. The molecule has 0 aromatic carbocycles. The molecular weight excluding hydrogens is 499 g/mol. The zero-order valence-electron chi connectivity index (χ0n) is 19.1. The monoisotopic (exact) mass is 538 g/mol. The van der Waals surface area contributed by atoms with E-state index in [2.05, 4.69) is 52.1 Å². The second kappa shape index (κ2) is 12.0. The number of likely N-dealkylation sites (tertiary alicyclic amines) is 1. The highest BCUT2D eigenvalue weighted by molar-refractivity contribution is 14.0. The van der Waals surface area contributed by atoms with Gasteiger partial charge >= 0.3 is 0 Å². The molecular formula is C24H39IN6. The Morgan fingerprint density at radius 1 is 1.13 bits per heavy atom. The van der Waals surface area contributed by atoms with Crippen LogP contribution in [0.25, 0.3) is 5.65 Å². The predicted octanol–water partition coefficient (Wildman–Crippen LogP) is 4.36. The normalized spacial score (nSPS) is 19.4. The second-order valence-electron chi connectivity index (χ2n) is 9.05. The van der Waals surface area contributed by atoms with Gasteiger partial charge < -0.3 is 19.9 Å². The molecule has 4 rings (SSSR count). The van der Waals surface area contributed by atoms with Gasteiger partial charge in [-0.2, -0.15) is 0 Å². The molecule has 6 nitrogen and oxygen atoms in total. The van der Waals surface area contributed by atoms with Crippen LogP contribution < -0.4 is 10.6 Å². The molecule has 0 unspecified atom stereocenters. The maximum absolute atomic E-state index is 4.82. The van der Waals surface area contributed by atoms with Crippen LogP contribution in [0, 0.1) is 12.8 Å². The van der Waals surface area contributed by atoms with E-state index in [0.29, 0.717) is 12.6 Å². The molecule has 0 spiro atoms. The molecule has 0 radical (unpaired) electrons. The van der Waals surface area contributed by atoms with E-state index < -0.39 is 0 Å². The summed E-state index contributed by atoms with van der Waals surface area (Å²) in [5, 5.41) is 7.09. The smallest absolute Gasteiger partial charge is 0.191 e. The van der Waals surface area contributed by atoms with Gasteiger partial charge in [0.2, 0.25) is 0 Å². The first-order valence-electron chi connectivity index (χ1n) is 11.9. The van der Waals surface area contributed by atoms with Crippen LogP contribution in [0.3, 0.4) is 0 Å². The first-order chi connectivity index (χ1) is 14.7. The Balaban J connectivity index is 0.00000272. The minimum atomic E-state index is 0. The van der Waals surface area contributed by atoms with Gasteiger partial charge in [0, 0.05) is 44.1 Å². The average Bonchev–Trinajstić information content (AvgIpc) is 3.19. The topological polar surface area (TPSA) is 57.0 Å². The van der Waals surface area contributed by atoms with Crippen molar-refractivity contribution in [1.29, 1.82) is 0 Å². The molecule has 2 N–H and O–H groups in total. The summed E-state index contributed by atoms with van der Waals surface area (Å²) in [5.41, 5.74) is 3.19. The fourth-order valence-corrected chi connectivity index (χ4v) is 4.94.